The first-order chi connectivity index (χ1) is 11.6. The van der Waals surface area contributed by atoms with E-state index in [-0.39, 0.29) is 5.91 Å². The molecule has 3 aromatic carbocycles. The number of aryl methyl sites for hydroxylation is 2. The largest absolute Gasteiger partial charge is 0.457 e. The van der Waals surface area contributed by atoms with Crippen molar-refractivity contribution >= 4 is 11.6 Å². The van der Waals surface area contributed by atoms with Crippen LogP contribution in [-0.4, -0.2) is 5.91 Å². The minimum atomic E-state index is -0.126. The Morgan fingerprint density at radius 1 is 0.875 bits per heavy atom. The number of carbonyl (C=O) groups excluding carboxylic acids is 1. The van der Waals surface area contributed by atoms with Gasteiger partial charge in [-0.3, -0.25) is 4.79 Å². The third-order valence-electron chi connectivity index (χ3n) is 3.72. The smallest absolute Gasteiger partial charge is 0.255 e. The van der Waals surface area contributed by atoms with Crippen LogP contribution in [0.15, 0.2) is 72.8 Å². The average Bonchev–Trinajstić information content (AvgIpc) is 2.60. The van der Waals surface area contributed by atoms with Crippen LogP contribution in [-0.2, 0) is 0 Å². The van der Waals surface area contributed by atoms with Gasteiger partial charge >= 0.3 is 0 Å². The molecule has 120 valence electrons. The molecule has 0 saturated carbocycles. The molecule has 0 aliphatic carbocycles. The van der Waals surface area contributed by atoms with Gasteiger partial charge < -0.3 is 10.1 Å². The second-order valence-electron chi connectivity index (χ2n) is 5.72. The Balaban J connectivity index is 1.69. The maximum Gasteiger partial charge on any atom is 0.255 e. The van der Waals surface area contributed by atoms with Gasteiger partial charge in [-0.15, -0.1) is 0 Å². The molecule has 3 heteroatoms. The summed E-state index contributed by atoms with van der Waals surface area (Å²) in [6.07, 6.45) is 0. The zero-order chi connectivity index (χ0) is 16.9. The summed E-state index contributed by atoms with van der Waals surface area (Å²) in [6.45, 7) is 4.05. The third-order valence-corrected chi connectivity index (χ3v) is 3.72. The number of ether oxygens (including phenoxy) is 1. The van der Waals surface area contributed by atoms with Crippen molar-refractivity contribution in [1.29, 1.82) is 0 Å². The quantitative estimate of drug-likeness (QED) is 0.704. The van der Waals surface area contributed by atoms with E-state index in [0.717, 1.165) is 28.3 Å². The minimum absolute atomic E-state index is 0.126. The van der Waals surface area contributed by atoms with Crippen LogP contribution in [0.3, 0.4) is 0 Å². The van der Waals surface area contributed by atoms with E-state index in [4.69, 9.17) is 4.74 Å². The predicted molar refractivity (Wildman–Crippen MR) is 96.8 cm³/mol. The standard InChI is InChI=1S/C21H19NO2/c1-15-8-9-16(2)20(14-15)24-19-12-10-18(11-13-19)22-21(23)17-6-4-3-5-7-17/h3-14H,1-2H3,(H,22,23). The molecule has 0 atom stereocenters. The van der Waals surface area contributed by atoms with Crippen LogP contribution in [0.5, 0.6) is 11.5 Å². The van der Waals surface area contributed by atoms with Gasteiger partial charge in [-0.1, -0.05) is 30.3 Å². The monoisotopic (exact) mass is 317 g/mol. The highest BCUT2D eigenvalue weighted by molar-refractivity contribution is 6.04. The fourth-order valence-corrected chi connectivity index (χ4v) is 2.34. The Morgan fingerprint density at radius 3 is 2.29 bits per heavy atom. The van der Waals surface area contributed by atoms with Crippen LogP contribution in [0.4, 0.5) is 5.69 Å². The molecule has 3 rings (SSSR count). The Morgan fingerprint density at radius 2 is 1.58 bits per heavy atom. The highest BCUT2D eigenvalue weighted by Gasteiger charge is 2.06. The SMILES string of the molecule is Cc1ccc(C)c(Oc2ccc(NC(=O)c3ccccc3)cc2)c1. The summed E-state index contributed by atoms with van der Waals surface area (Å²) >= 11 is 0. The van der Waals surface area contributed by atoms with E-state index >= 15 is 0 Å². The topological polar surface area (TPSA) is 38.3 Å². The van der Waals surface area contributed by atoms with E-state index in [9.17, 15) is 4.79 Å². The first-order valence-electron chi connectivity index (χ1n) is 7.83. The maximum absolute atomic E-state index is 12.1. The number of nitrogens with one attached hydrogen (secondary N) is 1. The molecule has 3 nitrogen and oxygen atoms in total. The van der Waals surface area contributed by atoms with Crippen LogP contribution >= 0.6 is 0 Å². The van der Waals surface area contributed by atoms with Gasteiger partial charge in [0.2, 0.25) is 0 Å². The number of hydrogen-bond donors (Lipinski definition) is 1. The van der Waals surface area contributed by atoms with E-state index in [1.807, 2.05) is 68.4 Å². The number of amides is 1. The molecule has 0 fully saturated rings. The normalized spacial score (nSPS) is 10.2. The summed E-state index contributed by atoms with van der Waals surface area (Å²) in [5.74, 6) is 1.45. The van der Waals surface area contributed by atoms with Gasteiger partial charge in [-0.05, 0) is 67.4 Å². The molecule has 0 aromatic heterocycles. The van der Waals surface area contributed by atoms with Gasteiger partial charge in [0, 0.05) is 11.3 Å². The molecule has 1 N–H and O–H groups in total. The molecule has 0 aliphatic rings. The molecular formula is C21H19NO2. The molecule has 3 aromatic rings. The molecule has 0 spiro atoms. The van der Waals surface area contributed by atoms with E-state index in [0.29, 0.717) is 5.56 Å². The van der Waals surface area contributed by atoms with Gasteiger partial charge in [-0.2, -0.15) is 0 Å². The number of anilines is 1. The summed E-state index contributed by atoms with van der Waals surface area (Å²) < 4.78 is 5.92. The second-order valence-corrected chi connectivity index (χ2v) is 5.72. The molecule has 0 heterocycles. The maximum atomic E-state index is 12.1. The number of carbonyl (C=O) groups is 1. The number of hydrogen-bond acceptors (Lipinski definition) is 2. The van der Waals surface area contributed by atoms with Crippen LogP contribution in [0.25, 0.3) is 0 Å². The minimum Gasteiger partial charge on any atom is -0.457 e. The Bertz CT molecular complexity index is 839. The molecule has 0 saturated heterocycles. The van der Waals surface area contributed by atoms with Crippen LogP contribution < -0.4 is 10.1 Å². The van der Waals surface area contributed by atoms with Gasteiger partial charge in [0.05, 0.1) is 0 Å². The molecule has 24 heavy (non-hydrogen) atoms. The molecule has 0 radical (unpaired) electrons. The summed E-state index contributed by atoms with van der Waals surface area (Å²) in [4.78, 5) is 12.1. The summed E-state index contributed by atoms with van der Waals surface area (Å²) in [7, 11) is 0. The lowest BCUT2D eigenvalue weighted by molar-refractivity contribution is 0.102. The lowest BCUT2D eigenvalue weighted by atomic mass is 10.1. The molecule has 1 amide bonds. The Labute approximate surface area is 141 Å². The molecule has 0 unspecified atom stereocenters. The Kier molecular flexibility index (Phi) is 4.62. The van der Waals surface area contributed by atoms with E-state index in [1.165, 1.54) is 0 Å². The van der Waals surface area contributed by atoms with Crippen molar-refractivity contribution in [2.75, 3.05) is 5.32 Å². The lowest BCUT2D eigenvalue weighted by Gasteiger charge is -2.10. The highest BCUT2D eigenvalue weighted by atomic mass is 16.5. The molecule has 0 aliphatic heterocycles. The zero-order valence-electron chi connectivity index (χ0n) is 13.7. The van der Waals surface area contributed by atoms with Crippen LogP contribution in [0, 0.1) is 13.8 Å². The van der Waals surface area contributed by atoms with Crippen molar-refractivity contribution in [2.24, 2.45) is 0 Å². The van der Waals surface area contributed by atoms with E-state index in [2.05, 4.69) is 11.4 Å². The second kappa shape index (κ2) is 7.01. The molecular weight excluding hydrogens is 298 g/mol. The predicted octanol–water partition coefficient (Wildman–Crippen LogP) is 5.35. The van der Waals surface area contributed by atoms with Gasteiger partial charge in [0.25, 0.3) is 5.91 Å². The number of benzene rings is 3. The van der Waals surface area contributed by atoms with Crippen molar-refractivity contribution in [3.63, 3.8) is 0 Å². The zero-order valence-corrected chi connectivity index (χ0v) is 13.7. The average molecular weight is 317 g/mol. The van der Waals surface area contributed by atoms with Crippen molar-refractivity contribution in [3.8, 4) is 11.5 Å². The third kappa shape index (κ3) is 3.82. The van der Waals surface area contributed by atoms with Crippen molar-refractivity contribution < 1.29 is 9.53 Å². The van der Waals surface area contributed by atoms with Crippen molar-refractivity contribution in [1.82, 2.24) is 0 Å². The first kappa shape index (κ1) is 15.8. The fourth-order valence-electron chi connectivity index (χ4n) is 2.34. The highest BCUT2D eigenvalue weighted by Crippen LogP contribution is 2.27. The summed E-state index contributed by atoms with van der Waals surface area (Å²) in [5, 5.41) is 2.88. The van der Waals surface area contributed by atoms with Crippen molar-refractivity contribution in [2.45, 2.75) is 13.8 Å². The van der Waals surface area contributed by atoms with Gasteiger partial charge in [-0.25, -0.2) is 0 Å². The van der Waals surface area contributed by atoms with Crippen LogP contribution in [0.1, 0.15) is 21.5 Å². The van der Waals surface area contributed by atoms with Gasteiger partial charge in [0.15, 0.2) is 0 Å². The Hall–Kier alpha value is -3.07. The van der Waals surface area contributed by atoms with Crippen LogP contribution in [0.2, 0.25) is 0 Å². The molecule has 0 bridgehead atoms. The van der Waals surface area contributed by atoms with Gasteiger partial charge in [0.1, 0.15) is 11.5 Å². The lowest BCUT2D eigenvalue weighted by Crippen LogP contribution is -2.11. The van der Waals surface area contributed by atoms with E-state index in [1.54, 1.807) is 12.1 Å². The summed E-state index contributed by atoms with van der Waals surface area (Å²) in [5.41, 5.74) is 3.61. The number of rotatable bonds is 4. The first-order valence-corrected chi connectivity index (χ1v) is 7.83. The fraction of sp³-hybridized carbons (Fsp3) is 0.0952. The van der Waals surface area contributed by atoms with E-state index < -0.39 is 0 Å². The summed E-state index contributed by atoms with van der Waals surface area (Å²) in [6, 6.07) is 22.6. The van der Waals surface area contributed by atoms with Crippen molar-refractivity contribution in [3.05, 3.63) is 89.5 Å².